The molecule has 2 aromatic carbocycles. The third-order valence-electron chi connectivity index (χ3n) is 4.97. The number of rotatable bonds is 6. The molecule has 0 bridgehead atoms. The number of benzene rings is 2. The molecule has 8 heteroatoms. The second-order valence-electron chi connectivity index (χ2n) is 7.52. The van der Waals surface area contributed by atoms with E-state index in [1.165, 1.54) is 4.31 Å². The molecule has 6 nitrogen and oxygen atoms in total. The lowest BCUT2D eigenvalue weighted by molar-refractivity contribution is 0.350. The van der Waals surface area contributed by atoms with Crippen molar-refractivity contribution in [2.24, 2.45) is 0 Å². The quantitative estimate of drug-likeness (QED) is 0.566. The minimum atomic E-state index is -3.69. The second-order valence-corrected chi connectivity index (χ2v) is 9.78. The van der Waals surface area contributed by atoms with Gasteiger partial charge in [0.15, 0.2) is 0 Å². The van der Waals surface area contributed by atoms with Crippen LogP contribution in [0, 0.1) is 20.8 Å². The van der Waals surface area contributed by atoms with E-state index < -0.39 is 10.0 Å². The smallest absolute Gasteiger partial charge is 0.247 e. The first-order valence-electron chi connectivity index (χ1n) is 9.44. The Morgan fingerprint density at radius 3 is 2.28 bits per heavy atom. The van der Waals surface area contributed by atoms with E-state index in [1.807, 2.05) is 32.9 Å². The molecule has 0 saturated heterocycles. The predicted molar refractivity (Wildman–Crippen MR) is 111 cm³/mol. The zero-order chi connectivity index (χ0) is 20.8. The molecule has 1 aliphatic rings. The van der Waals surface area contributed by atoms with Crippen molar-refractivity contribution in [3.63, 3.8) is 0 Å². The van der Waals surface area contributed by atoms with Crippen LogP contribution in [0.3, 0.4) is 0 Å². The molecule has 29 heavy (non-hydrogen) atoms. The molecule has 0 spiro atoms. The molecule has 1 aromatic heterocycles. The summed E-state index contributed by atoms with van der Waals surface area (Å²) in [5, 5.41) is 8.76. The fourth-order valence-corrected chi connectivity index (χ4v) is 5.80. The Bertz CT molecular complexity index is 1130. The van der Waals surface area contributed by atoms with Crippen LogP contribution in [-0.2, 0) is 16.6 Å². The van der Waals surface area contributed by atoms with Gasteiger partial charge in [-0.2, -0.15) is 4.31 Å². The monoisotopic (exact) mass is 431 g/mol. The third-order valence-corrected chi connectivity index (χ3v) is 7.43. The van der Waals surface area contributed by atoms with Crippen LogP contribution in [0.5, 0.6) is 0 Å². The predicted octanol–water partition coefficient (Wildman–Crippen LogP) is 4.67. The van der Waals surface area contributed by atoms with Crippen LogP contribution in [0.1, 0.15) is 35.4 Å². The van der Waals surface area contributed by atoms with Gasteiger partial charge in [0.05, 0.1) is 11.4 Å². The van der Waals surface area contributed by atoms with Crippen molar-refractivity contribution in [3.8, 4) is 11.5 Å². The van der Waals surface area contributed by atoms with E-state index in [-0.39, 0.29) is 18.5 Å². The average molecular weight is 432 g/mol. The van der Waals surface area contributed by atoms with Crippen LogP contribution < -0.4 is 0 Å². The Kier molecular flexibility index (Phi) is 5.23. The Hall–Kier alpha value is -2.22. The van der Waals surface area contributed by atoms with Crippen molar-refractivity contribution in [3.05, 3.63) is 64.0 Å². The molecule has 152 valence electrons. The van der Waals surface area contributed by atoms with Crippen LogP contribution >= 0.6 is 11.6 Å². The lowest BCUT2D eigenvalue weighted by atomic mass is 10.1. The molecule has 4 rings (SSSR count). The molecule has 1 heterocycles. The molecule has 0 amide bonds. The number of nitrogens with zero attached hydrogens (tertiary/aromatic N) is 3. The molecule has 0 aliphatic heterocycles. The van der Waals surface area contributed by atoms with E-state index in [4.69, 9.17) is 16.0 Å². The fourth-order valence-electron chi connectivity index (χ4n) is 3.62. The van der Waals surface area contributed by atoms with Crippen molar-refractivity contribution >= 4 is 21.6 Å². The summed E-state index contributed by atoms with van der Waals surface area (Å²) in [6.07, 6.45) is 1.67. The molecule has 0 atom stereocenters. The summed E-state index contributed by atoms with van der Waals surface area (Å²) >= 11 is 5.92. The van der Waals surface area contributed by atoms with Gasteiger partial charge in [-0.1, -0.05) is 29.3 Å². The van der Waals surface area contributed by atoms with Crippen LogP contribution in [0.2, 0.25) is 5.02 Å². The van der Waals surface area contributed by atoms with E-state index in [2.05, 4.69) is 10.2 Å². The number of hydrogen-bond donors (Lipinski definition) is 0. The normalized spacial score (nSPS) is 14.5. The van der Waals surface area contributed by atoms with E-state index in [0.717, 1.165) is 35.1 Å². The van der Waals surface area contributed by atoms with Crippen LogP contribution in [-0.4, -0.2) is 29.0 Å². The van der Waals surface area contributed by atoms with Gasteiger partial charge in [0.2, 0.25) is 21.8 Å². The van der Waals surface area contributed by atoms with E-state index in [1.54, 1.807) is 24.3 Å². The summed E-state index contributed by atoms with van der Waals surface area (Å²) in [4.78, 5) is 0.368. The van der Waals surface area contributed by atoms with Gasteiger partial charge in [-0.3, -0.25) is 0 Å². The van der Waals surface area contributed by atoms with Crippen molar-refractivity contribution in [2.75, 3.05) is 0 Å². The lowest BCUT2D eigenvalue weighted by Gasteiger charge is -2.23. The summed E-state index contributed by atoms with van der Waals surface area (Å²) in [5.41, 5.74) is 3.28. The van der Waals surface area contributed by atoms with Crippen molar-refractivity contribution in [1.82, 2.24) is 14.5 Å². The Balaban J connectivity index is 1.65. The largest absolute Gasteiger partial charge is 0.419 e. The van der Waals surface area contributed by atoms with Gasteiger partial charge in [-0.05, 0) is 69.0 Å². The lowest BCUT2D eigenvalue weighted by Crippen LogP contribution is -2.33. The van der Waals surface area contributed by atoms with Gasteiger partial charge in [0, 0.05) is 16.6 Å². The Morgan fingerprint density at radius 1 is 1.07 bits per heavy atom. The maximum absolute atomic E-state index is 13.5. The highest BCUT2D eigenvalue weighted by molar-refractivity contribution is 7.89. The molecule has 0 radical (unpaired) electrons. The molecule has 0 unspecified atom stereocenters. The number of hydrogen-bond acceptors (Lipinski definition) is 5. The molecule has 3 aromatic rings. The molecule has 1 fully saturated rings. The van der Waals surface area contributed by atoms with Gasteiger partial charge in [-0.25, -0.2) is 8.42 Å². The summed E-state index contributed by atoms with van der Waals surface area (Å²) in [7, 11) is -3.69. The van der Waals surface area contributed by atoms with E-state index >= 15 is 0 Å². The number of aromatic nitrogens is 2. The summed E-state index contributed by atoms with van der Waals surface area (Å²) in [5.74, 6) is 0.611. The molecule has 1 saturated carbocycles. The highest BCUT2D eigenvalue weighted by atomic mass is 35.5. The van der Waals surface area contributed by atoms with Crippen LogP contribution in [0.4, 0.5) is 0 Å². The Labute approximate surface area is 175 Å². The second kappa shape index (κ2) is 7.55. The van der Waals surface area contributed by atoms with Gasteiger partial charge in [0.1, 0.15) is 0 Å². The van der Waals surface area contributed by atoms with Gasteiger partial charge < -0.3 is 4.42 Å². The van der Waals surface area contributed by atoms with Crippen molar-refractivity contribution < 1.29 is 12.8 Å². The molecular formula is C21H22ClN3O3S. The number of sulfonamides is 1. The topological polar surface area (TPSA) is 76.3 Å². The van der Waals surface area contributed by atoms with E-state index in [9.17, 15) is 8.42 Å². The highest BCUT2D eigenvalue weighted by Gasteiger charge is 2.40. The molecular weight excluding hydrogens is 410 g/mol. The first-order valence-corrected chi connectivity index (χ1v) is 11.3. The maximum Gasteiger partial charge on any atom is 0.247 e. The molecule has 1 aliphatic carbocycles. The van der Waals surface area contributed by atoms with Gasteiger partial charge >= 0.3 is 0 Å². The minimum Gasteiger partial charge on any atom is -0.419 e. The fraction of sp³-hybridized carbons (Fsp3) is 0.333. The summed E-state index contributed by atoms with van der Waals surface area (Å²) in [6.45, 7) is 5.69. The van der Waals surface area contributed by atoms with Gasteiger partial charge in [0.25, 0.3) is 0 Å². The van der Waals surface area contributed by atoms with E-state index in [0.29, 0.717) is 15.8 Å². The van der Waals surface area contributed by atoms with Crippen LogP contribution in [0.25, 0.3) is 11.5 Å². The maximum atomic E-state index is 13.5. The zero-order valence-corrected chi connectivity index (χ0v) is 18.1. The Morgan fingerprint density at radius 2 is 1.69 bits per heavy atom. The number of halogens is 1. The first-order chi connectivity index (χ1) is 13.8. The summed E-state index contributed by atoms with van der Waals surface area (Å²) < 4.78 is 34.3. The zero-order valence-electron chi connectivity index (χ0n) is 16.5. The molecule has 0 N–H and O–H groups in total. The minimum absolute atomic E-state index is 0.0361. The van der Waals surface area contributed by atoms with Crippen molar-refractivity contribution in [2.45, 2.75) is 51.1 Å². The van der Waals surface area contributed by atoms with Crippen LogP contribution in [0.15, 0.2) is 45.7 Å². The summed E-state index contributed by atoms with van der Waals surface area (Å²) in [6, 6.07) is 10.8. The van der Waals surface area contributed by atoms with Crippen molar-refractivity contribution in [1.29, 1.82) is 0 Å². The standard InChI is InChI=1S/C21H22ClN3O3S/c1-13-10-14(2)20(15(3)11-13)29(26,27)25(18-8-9-18)12-19-23-24-21(28-19)16-4-6-17(22)7-5-16/h4-7,10-11,18H,8-9,12H2,1-3H3. The number of aryl methyl sites for hydroxylation is 3. The average Bonchev–Trinajstić information content (AvgIpc) is 3.36. The first kappa shape index (κ1) is 20.1. The SMILES string of the molecule is Cc1cc(C)c(S(=O)(=O)N(Cc2nnc(-c3ccc(Cl)cc3)o2)C2CC2)c(C)c1. The van der Waals surface area contributed by atoms with Gasteiger partial charge in [-0.15, -0.1) is 10.2 Å². The third kappa shape index (κ3) is 4.08. The highest BCUT2D eigenvalue weighted by Crippen LogP contribution is 2.36.